The molecule has 2 aromatic heterocycles. The van der Waals surface area contributed by atoms with E-state index in [1.807, 2.05) is 0 Å². The summed E-state index contributed by atoms with van der Waals surface area (Å²) in [4.78, 5) is 17.9. The highest BCUT2D eigenvalue weighted by atomic mass is 19.3. The third kappa shape index (κ3) is 4.23. The molecule has 1 atom stereocenters. The molecule has 0 bridgehead atoms. The Bertz CT molecular complexity index is 992. The molecule has 1 saturated heterocycles. The molecule has 9 heteroatoms. The number of rotatable bonds is 5. The molecule has 1 fully saturated rings. The van der Waals surface area contributed by atoms with Crippen LogP contribution in [0.4, 0.5) is 13.2 Å². The van der Waals surface area contributed by atoms with Gasteiger partial charge in [-0.3, -0.25) is 14.9 Å². The van der Waals surface area contributed by atoms with Crippen molar-refractivity contribution < 1.29 is 22.7 Å². The molecule has 1 aliphatic rings. The molecular weight excluding hydrogens is 385 g/mol. The van der Waals surface area contributed by atoms with Gasteiger partial charge in [0.2, 0.25) is 0 Å². The summed E-state index contributed by atoms with van der Waals surface area (Å²) in [6.45, 7) is -0.774. The van der Waals surface area contributed by atoms with Gasteiger partial charge in [0.25, 0.3) is 11.8 Å². The zero-order valence-corrected chi connectivity index (χ0v) is 15.2. The molecule has 6 nitrogen and oxygen atoms in total. The van der Waals surface area contributed by atoms with E-state index in [4.69, 9.17) is 4.74 Å². The van der Waals surface area contributed by atoms with Crippen LogP contribution in [0.3, 0.4) is 0 Å². The van der Waals surface area contributed by atoms with Crippen molar-refractivity contribution in [1.29, 1.82) is 0 Å². The second kappa shape index (κ2) is 7.57. The van der Waals surface area contributed by atoms with Crippen molar-refractivity contribution in [2.24, 2.45) is 0 Å². The van der Waals surface area contributed by atoms with E-state index in [9.17, 15) is 18.0 Å². The van der Waals surface area contributed by atoms with Crippen LogP contribution in [0, 0.1) is 5.82 Å². The van der Waals surface area contributed by atoms with Gasteiger partial charge >= 0.3 is 0 Å². The minimum absolute atomic E-state index is 0.0772. The maximum Gasteiger partial charge on any atom is 0.272 e. The number of H-pyrrole nitrogens is 1. The zero-order chi connectivity index (χ0) is 20.4. The first-order chi connectivity index (χ1) is 13.9. The Morgan fingerprint density at radius 1 is 1.28 bits per heavy atom. The van der Waals surface area contributed by atoms with Crippen LogP contribution in [0.25, 0.3) is 11.3 Å². The van der Waals surface area contributed by atoms with Gasteiger partial charge in [0.1, 0.15) is 23.9 Å². The molecule has 1 aliphatic heterocycles. The fourth-order valence-electron chi connectivity index (χ4n) is 3.26. The van der Waals surface area contributed by atoms with Crippen molar-refractivity contribution in [1.82, 2.24) is 20.1 Å². The summed E-state index contributed by atoms with van der Waals surface area (Å²) in [5, 5.41) is 6.63. The van der Waals surface area contributed by atoms with Gasteiger partial charge < -0.3 is 9.64 Å². The van der Waals surface area contributed by atoms with E-state index < -0.39 is 36.7 Å². The number of ether oxygens (including phenoxy) is 1. The van der Waals surface area contributed by atoms with E-state index in [2.05, 4.69) is 15.2 Å². The van der Waals surface area contributed by atoms with Gasteiger partial charge in [-0.25, -0.2) is 13.2 Å². The predicted molar refractivity (Wildman–Crippen MR) is 98.1 cm³/mol. The normalized spacial score (nSPS) is 18.0. The number of hydrogen-bond donors (Lipinski definition) is 1. The van der Waals surface area contributed by atoms with Crippen molar-refractivity contribution in [2.75, 3.05) is 13.2 Å². The van der Waals surface area contributed by atoms with Gasteiger partial charge in [-0.05, 0) is 42.5 Å². The molecule has 0 saturated carbocycles. The van der Waals surface area contributed by atoms with Gasteiger partial charge in [0.15, 0.2) is 0 Å². The minimum atomic E-state index is -3.00. The molecule has 1 aromatic carbocycles. The number of hydrogen-bond acceptors (Lipinski definition) is 4. The van der Waals surface area contributed by atoms with Gasteiger partial charge in [-0.15, -0.1) is 0 Å². The number of nitrogens with one attached hydrogen (secondary N) is 1. The molecular formula is C20H17F3N4O2. The Kier molecular flexibility index (Phi) is 4.96. The maximum atomic E-state index is 14.0. The summed E-state index contributed by atoms with van der Waals surface area (Å²) in [5.41, 5.74) is 1.10. The van der Waals surface area contributed by atoms with Crippen molar-refractivity contribution in [3.8, 4) is 17.0 Å². The number of carbonyl (C=O) groups is 1. The number of amides is 1. The number of pyridine rings is 1. The van der Waals surface area contributed by atoms with Crippen molar-refractivity contribution in [3.63, 3.8) is 0 Å². The second-order valence-corrected chi connectivity index (χ2v) is 6.82. The Morgan fingerprint density at radius 2 is 2.07 bits per heavy atom. The lowest BCUT2D eigenvalue weighted by Crippen LogP contribution is -2.39. The van der Waals surface area contributed by atoms with E-state index >= 15 is 0 Å². The third-order valence-corrected chi connectivity index (χ3v) is 4.66. The molecule has 0 spiro atoms. The Labute approximate surface area is 164 Å². The first-order valence-corrected chi connectivity index (χ1v) is 8.94. The standard InChI is InChI=1S/C20H17F3N4O2/c21-14-5-3-13(4-6-14)17-8-18(26-25-17)19(28)27-12-20(22,23)9-15(27)11-29-16-2-1-7-24-10-16/h1-8,10,15H,9,11-12H2,(H,25,26)/t15-/m0/s1. The monoisotopic (exact) mass is 402 g/mol. The summed E-state index contributed by atoms with van der Waals surface area (Å²) in [6.07, 6.45) is 2.56. The van der Waals surface area contributed by atoms with Crippen LogP contribution in [0.5, 0.6) is 5.75 Å². The molecule has 0 radical (unpaired) electrons. The topological polar surface area (TPSA) is 71.1 Å². The molecule has 3 heterocycles. The van der Waals surface area contributed by atoms with Crippen LogP contribution in [-0.4, -0.2) is 51.1 Å². The van der Waals surface area contributed by atoms with Gasteiger partial charge in [-0.1, -0.05) is 0 Å². The smallest absolute Gasteiger partial charge is 0.272 e. The number of alkyl halides is 2. The fourth-order valence-corrected chi connectivity index (χ4v) is 3.26. The molecule has 0 aliphatic carbocycles. The largest absolute Gasteiger partial charge is 0.490 e. The highest BCUT2D eigenvalue weighted by Crippen LogP contribution is 2.33. The SMILES string of the molecule is O=C(c1cc(-c2ccc(F)cc2)n[nH]1)N1CC(F)(F)C[C@H]1COc1cccnc1. The molecule has 1 amide bonds. The van der Waals surface area contributed by atoms with Gasteiger partial charge in [-0.2, -0.15) is 5.10 Å². The fraction of sp³-hybridized carbons (Fsp3) is 0.250. The van der Waals surface area contributed by atoms with Crippen molar-refractivity contribution in [2.45, 2.75) is 18.4 Å². The van der Waals surface area contributed by atoms with E-state index in [-0.39, 0.29) is 12.3 Å². The second-order valence-electron chi connectivity index (χ2n) is 6.82. The molecule has 4 rings (SSSR count). The Hall–Kier alpha value is -3.36. The summed E-state index contributed by atoms with van der Waals surface area (Å²) in [7, 11) is 0. The lowest BCUT2D eigenvalue weighted by Gasteiger charge is -2.23. The van der Waals surface area contributed by atoms with Crippen molar-refractivity contribution >= 4 is 5.91 Å². The molecule has 3 aromatic rings. The number of likely N-dealkylation sites (tertiary alicyclic amines) is 1. The van der Waals surface area contributed by atoms with Crippen LogP contribution in [0.1, 0.15) is 16.9 Å². The molecule has 1 N–H and O–H groups in total. The third-order valence-electron chi connectivity index (χ3n) is 4.66. The van der Waals surface area contributed by atoms with Crippen LogP contribution in [0.15, 0.2) is 54.9 Å². The van der Waals surface area contributed by atoms with Crippen molar-refractivity contribution in [3.05, 3.63) is 66.4 Å². The van der Waals surface area contributed by atoms with Crippen LogP contribution >= 0.6 is 0 Å². The van der Waals surface area contributed by atoms with Gasteiger partial charge in [0.05, 0.1) is 24.5 Å². The lowest BCUT2D eigenvalue weighted by molar-refractivity contribution is 0.0115. The lowest BCUT2D eigenvalue weighted by atomic mass is 10.1. The molecule has 29 heavy (non-hydrogen) atoms. The maximum absolute atomic E-state index is 14.0. The average Bonchev–Trinajstić information content (AvgIpc) is 3.32. The molecule has 150 valence electrons. The average molecular weight is 402 g/mol. The number of nitrogens with zero attached hydrogens (tertiary/aromatic N) is 3. The summed E-state index contributed by atoms with van der Waals surface area (Å²) in [5.74, 6) is -3.55. The number of aromatic nitrogens is 3. The summed E-state index contributed by atoms with van der Waals surface area (Å²) in [6, 6.07) is 9.60. The predicted octanol–water partition coefficient (Wildman–Crippen LogP) is 3.54. The number of halogens is 3. The van der Waals surface area contributed by atoms with E-state index in [0.29, 0.717) is 17.0 Å². The highest BCUT2D eigenvalue weighted by Gasteiger charge is 2.47. The highest BCUT2D eigenvalue weighted by molar-refractivity contribution is 5.94. The zero-order valence-electron chi connectivity index (χ0n) is 15.2. The Morgan fingerprint density at radius 3 is 2.79 bits per heavy atom. The van der Waals surface area contributed by atoms with E-state index in [0.717, 1.165) is 4.90 Å². The van der Waals surface area contributed by atoms with E-state index in [1.165, 1.54) is 36.5 Å². The van der Waals surface area contributed by atoms with Crippen LogP contribution < -0.4 is 4.74 Å². The molecule has 0 unspecified atom stereocenters. The number of benzene rings is 1. The number of carbonyl (C=O) groups excluding carboxylic acids is 1. The minimum Gasteiger partial charge on any atom is -0.490 e. The first kappa shape index (κ1) is 19.0. The van der Waals surface area contributed by atoms with E-state index in [1.54, 1.807) is 18.3 Å². The quantitative estimate of drug-likeness (QED) is 0.709. The summed E-state index contributed by atoms with van der Waals surface area (Å²) >= 11 is 0. The summed E-state index contributed by atoms with van der Waals surface area (Å²) < 4.78 is 46.7. The van der Waals surface area contributed by atoms with Crippen LogP contribution in [0.2, 0.25) is 0 Å². The first-order valence-electron chi connectivity index (χ1n) is 8.94. The van der Waals surface area contributed by atoms with Crippen LogP contribution in [-0.2, 0) is 0 Å². The van der Waals surface area contributed by atoms with Gasteiger partial charge in [0, 0.05) is 18.2 Å². The number of aromatic amines is 1. The Balaban J connectivity index is 1.50.